The van der Waals surface area contributed by atoms with Crippen LogP contribution in [0.25, 0.3) is 0 Å². The highest BCUT2D eigenvalue weighted by Crippen LogP contribution is 2.48. The monoisotopic (exact) mass is 285 g/mol. The van der Waals surface area contributed by atoms with Crippen LogP contribution in [0.15, 0.2) is 6.07 Å². The zero-order valence-electron chi connectivity index (χ0n) is 10.7. The van der Waals surface area contributed by atoms with Crippen molar-refractivity contribution in [1.82, 2.24) is 0 Å². The van der Waals surface area contributed by atoms with Crippen molar-refractivity contribution in [2.45, 2.75) is 37.6 Å². The van der Waals surface area contributed by atoms with Gasteiger partial charge in [-0.1, -0.05) is 24.4 Å². The average molecular weight is 286 g/mol. The number of ether oxygens (including phenoxy) is 2. The van der Waals surface area contributed by atoms with Gasteiger partial charge in [0.2, 0.25) is 0 Å². The van der Waals surface area contributed by atoms with Gasteiger partial charge in [-0.25, -0.2) is 4.39 Å². The molecule has 1 heterocycles. The Morgan fingerprint density at radius 2 is 1.84 bits per heavy atom. The van der Waals surface area contributed by atoms with Gasteiger partial charge in [0.05, 0.1) is 23.8 Å². The van der Waals surface area contributed by atoms with E-state index in [2.05, 4.69) is 0 Å². The number of rotatable bonds is 1. The van der Waals surface area contributed by atoms with Gasteiger partial charge in [-0.3, -0.25) is 0 Å². The molecule has 2 N–H and O–H groups in total. The van der Waals surface area contributed by atoms with E-state index in [1.165, 1.54) is 6.07 Å². The van der Waals surface area contributed by atoms with Crippen LogP contribution in [0, 0.1) is 5.82 Å². The molecule has 1 fully saturated rings. The summed E-state index contributed by atoms with van der Waals surface area (Å²) >= 11 is 5.98. The number of fused-ring (bicyclic) bond motifs is 1. The predicted octanol–water partition coefficient (Wildman–Crippen LogP) is 3.37. The molecule has 1 aromatic carbocycles. The molecule has 3 rings (SSSR count). The molecule has 19 heavy (non-hydrogen) atoms. The van der Waals surface area contributed by atoms with Crippen molar-refractivity contribution in [3.63, 3.8) is 0 Å². The quantitative estimate of drug-likeness (QED) is 0.860. The molecule has 1 aromatic rings. The standard InChI is InChI=1S/C14H17ClFNO2/c15-9-8-10-13(19-7-3-6-18-10)11(12(9)16)14(17)4-1-2-5-14/h8H,1-7,17H2. The highest BCUT2D eigenvalue weighted by molar-refractivity contribution is 6.31. The largest absolute Gasteiger partial charge is 0.489 e. The molecule has 1 saturated carbocycles. The summed E-state index contributed by atoms with van der Waals surface area (Å²) in [4.78, 5) is 0. The predicted molar refractivity (Wildman–Crippen MR) is 71.4 cm³/mol. The molecule has 1 aliphatic heterocycles. The first kappa shape index (κ1) is 13.0. The molecule has 0 bridgehead atoms. The molecule has 0 saturated heterocycles. The third kappa shape index (κ3) is 2.17. The van der Waals surface area contributed by atoms with Crippen LogP contribution in [-0.4, -0.2) is 13.2 Å². The fourth-order valence-electron chi connectivity index (χ4n) is 2.95. The first-order valence-corrected chi connectivity index (χ1v) is 7.06. The molecule has 0 radical (unpaired) electrons. The van der Waals surface area contributed by atoms with Gasteiger partial charge in [0.25, 0.3) is 0 Å². The minimum absolute atomic E-state index is 0.0518. The Labute approximate surface area is 116 Å². The number of hydrogen-bond acceptors (Lipinski definition) is 3. The lowest BCUT2D eigenvalue weighted by Crippen LogP contribution is -2.35. The van der Waals surface area contributed by atoms with Gasteiger partial charge in [0.1, 0.15) is 0 Å². The van der Waals surface area contributed by atoms with Crippen LogP contribution in [0.5, 0.6) is 11.5 Å². The van der Waals surface area contributed by atoms with Crippen LogP contribution in [0.3, 0.4) is 0 Å². The summed E-state index contributed by atoms with van der Waals surface area (Å²) in [6.07, 6.45) is 4.27. The zero-order chi connectivity index (χ0) is 13.5. The lowest BCUT2D eigenvalue weighted by atomic mass is 9.88. The SMILES string of the molecule is NC1(c2c(F)c(Cl)cc3c2OCCCO3)CCCC1. The minimum atomic E-state index is -0.688. The average Bonchev–Trinajstić information content (AvgIpc) is 2.68. The second kappa shape index (κ2) is 4.84. The van der Waals surface area contributed by atoms with E-state index in [0.717, 1.165) is 32.1 Å². The van der Waals surface area contributed by atoms with Crippen LogP contribution in [0.1, 0.15) is 37.7 Å². The zero-order valence-corrected chi connectivity index (χ0v) is 11.4. The van der Waals surface area contributed by atoms with Gasteiger partial charge in [0, 0.05) is 18.0 Å². The van der Waals surface area contributed by atoms with Gasteiger partial charge in [-0.2, -0.15) is 0 Å². The van der Waals surface area contributed by atoms with Gasteiger partial charge in [-0.15, -0.1) is 0 Å². The van der Waals surface area contributed by atoms with Crippen molar-refractivity contribution in [3.8, 4) is 11.5 Å². The summed E-state index contributed by atoms with van der Waals surface area (Å²) in [5.74, 6) is 0.495. The summed E-state index contributed by atoms with van der Waals surface area (Å²) < 4.78 is 25.8. The van der Waals surface area contributed by atoms with Crippen LogP contribution in [-0.2, 0) is 5.54 Å². The molecule has 1 aliphatic carbocycles. The molecule has 3 nitrogen and oxygen atoms in total. The van der Waals surface area contributed by atoms with Gasteiger partial charge in [0.15, 0.2) is 17.3 Å². The third-order valence-electron chi connectivity index (χ3n) is 3.92. The lowest BCUT2D eigenvalue weighted by molar-refractivity contribution is 0.291. The number of nitrogens with two attached hydrogens (primary N) is 1. The third-order valence-corrected chi connectivity index (χ3v) is 4.20. The molecule has 0 aromatic heterocycles. The highest BCUT2D eigenvalue weighted by Gasteiger charge is 2.39. The van der Waals surface area contributed by atoms with E-state index in [1.54, 1.807) is 0 Å². The Balaban J connectivity index is 2.18. The van der Waals surface area contributed by atoms with Crippen molar-refractivity contribution in [2.24, 2.45) is 5.73 Å². The Morgan fingerprint density at radius 3 is 2.58 bits per heavy atom. The number of halogens is 2. The topological polar surface area (TPSA) is 44.5 Å². The Morgan fingerprint density at radius 1 is 1.16 bits per heavy atom. The van der Waals surface area contributed by atoms with E-state index in [4.69, 9.17) is 26.8 Å². The molecule has 0 amide bonds. The van der Waals surface area contributed by atoms with Crippen molar-refractivity contribution in [3.05, 3.63) is 22.5 Å². The second-order valence-corrected chi connectivity index (χ2v) is 5.70. The van der Waals surface area contributed by atoms with E-state index in [9.17, 15) is 4.39 Å². The molecule has 5 heteroatoms. The van der Waals surface area contributed by atoms with E-state index in [0.29, 0.717) is 30.3 Å². The van der Waals surface area contributed by atoms with Crippen LogP contribution in [0.4, 0.5) is 4.39 Å². The maximum Gasteiger partial charge on any atom is 0.169 e. The van der Waals surface area contributed by atoms with Crippen LogP contribution in [0.2, 0.25) is 5.02 Å². The summed E-state index contributed by atoms with van der Waals surface area (Å²) in [7, 11) is 0. The first-order chi connectivity index (χ1) is 9.12. The molecule has 0 atom stereocenters. The second-order valence-electron chi connectivity index (χ2n) is 5.29. The summed E-state index contributed by atoms with van der Waals surface area (Å²) in [5.41, 5.74) is 6.10. The summed E-state index contributed by atoms with van der Waals surface area (Å²) in [6, 6.07) is 1.49. The van der Waals surface area contributed by atoms with E-state index in [1.807, 2.05) is 0 Å². The van der Waals surface area contributed by atoms with Gasteiger partial charge < -0.3 is 15.2 Å². The number of hydrogen-bond donors (Lipinski definition) is 1. The van der Waals surface area contributed by atoms with Crippen molar-refractivity contribution in [1.29, 1.82) is 0 Å². The maximum atomic E-state index is 14.5. The normalized spacial score (nSPS) is 21.2. The Bertz CT molecular complexity index is 501. The van der Waals surface area contributed by atoms with Crippen molar-refractivity contribution in [2.75, 3.05) is 13.2 Å². The first-order valence-electron chi connectivity index (χ1n) is 6.69. The molecule has 2 aliphatic rings. The van der Waals surface area contributed by atoms with Crippen LogP contribution < -0.4 is 15.2 Å². The Hall–Kier alpha value is -1.00. The van der Waals surface area contributed by atoms with E-state index >= 15 is 0 Å². The lowest BCUT2D eigenvalue weighted by Gasteiger charge is -2.28. The summed E-state index contributed by atoms with van der Waals surface area (Å²) in [6.45, 7) is 1.06. The Kier molecular flexibility index (Phi) is 3.31. The van der Waals surface area contributed by atoms with Crippen LogP contribution >= 0.6 is 11.6 Å². The molecular weight excluding hydrogens is 269 g/mol. The fourth-order valence-corrected chi connectivity index (χ4v) is 3.15. The highest BCUT2D eigenvalue weighted by atomic mass is 35.5. The van der Waals surface area contributed by atoms with Gasteiger partial charge in [-0.05, 0) is 12.8 Å². The molecular formula is C14H17ClFNO2. The fraction of sp³-hybridized carbons (Fsp3) is 0.571. The summed E-state index contributed by atoms with van der Waals surface area (Å²) in [5, 5.41) is 0.0518. The van der Waals surface area contributed by atoms with Crippen molar-refractivity contribution < 1.29 is 13.9 Å². The van der Waals surface area contributed by atoms with E-state index < -0.39 is 11.4 Å². The smallest absolute Gasteiger partial charge is 0.169 e. The number of benzene rings is 1. The molecule has 104 valence electrons. The molecule has 0 unspecified atom stereocenters. The van der Waals surface area contributed by atoms with Gasteiger partial charge >= 0.3 is 0 Å². The molecule has 0 spiro atoms. The van der Waals surface area contributed by atoms with Crippen molar-refractivity contribution >= 4 is 11.6 Å². The minimum Gasteiger partial charge on any atom is -0.489 e. The van der Waals surface area contributed by atoms with E-state index in [-0.39, 0.29) is 5.02 Å². The maximum absolute atomic E-state index is 14.5.